The zero-order valence-electron chi connectivity index (χ0n) is 12.8. The Morgan fingerprint density at radius 3 is 2.60 bits per heavy atom. The zero-order valence-corrected chi connectivity index (χ0v) is 13.6. The van der Waals surface area contributed by atoms with Gasteiger partial charge in [-0.3, -0.25) is 5.10 Å². The third-order valence-corrected chi connectivity index (χ3v) is 4.69. The first-order valence-electron chi connectivity index (χ1n) is 6.70. The van der Waals surface area contributed by atoms with Crippen LogP contribution in [0.1, 0.15) is 25.1 Å². The van der Waals surface area contributed by atoms with Gasteiger partial charge in [-0.05, 0) is 34.5 Å². The van der Waals surface area contributed by atoms with Crippen LogP contribution in [0.5, 0.6) is 0 Å². The van der Waals surface area contributed by atoms with Gasteiger partial charge in [0.1, 0.15) is 0 Å². The molecular formula is C12H25N5O2S. The second-order valence-corrected chi connectivity index (χ2v) is 6.76. The van der Waals surface area contributed by atoms with E-state index < -0.39 is 10.0 Å². The zero-order chi connectivity index (χ0) is 15.3. The molecule has 116 valence electrons. The maximum atomic E-state index is 12.3. The summed E-state index contributed by atoms with van der Waals surface area (Å²) in [5.74, 6) is 0. The third-order valence-electron chi connectivity index (χ3n) is 3.29. The van der Waals surface area contributed by atoms with Crippen LogP contribution in [0.25, 0.3) is 0 Å². The maximum Gasteiger partial charge on any atom is 0.260 e. The lowest BCUT2D eigenvalue weighted by molar-refractivity contribution is 0.313. The van der Waals surface area contributed by atoms with E-state index in [0.29, 0.717) is 18.7 Å². The molecule has 1 unspecified atom stereocenters. The average Bonchev–Trinajstić information content (AvgIpc) is 2.75. The van der Waals surface area contributed by atoms with Gasteiger partial charge in [0.15, 0.2) is 5.03 Å². The molecule has 3 N–H and O–H groups in total. The van der Waals surface area contributed by atoms with E-state index in [9.17, 15) is 8.42 Å². The number of hydrogen-bond donors (Lipinski definition) is 3. The molecule has 1 heterocycles. The molecule has 0 aliphatic carbocycles. The number of hydrogen-bond acceptors (Lipinski definition) is 5. The number of sulfonamides is 1. The average molecular weight is 303 g/mol. The van der Waals surface area contributed by atoms with E-state index in [-0.39, 0.29) is 11.1 Å². The van der Waals surface area contributed by atoms with Gasteiger partial charge >= 0.3 is 0 Å². The van der Waals surface area contributed by atoms with Gasteiger partial charge < -0.3 is 10.2 Å². The minimum atomic E-state index is -3.59. The van der Waals surface area contributed by atoms with Gasteiger partial charge in [0.25, 0.3) is 10.0 Å². The molecule has 7 nitrogen and oxygen atoms in total. The molecule has 1 atom stereocenters. The van der Waals surface area contributed by atoms with E-state index in [1.54, 1.807) is 0 Å². The summed E-state index contributed by atoms with van der Waals surface area (Å²) in [6.07, 6.45) is 0. The fourth-order valence-electron chi connectivity index (χ4n) is 1.59. The Bertz CT molecular complexity index is 524. The molecule has 0 aliphatic rings. The van der Waals surface area contributed by atoms with Crippen molar-refractivity contribution in [3.05, 3.63) is 11.3 Å². The highest BCUT2D eigenvalue weighted by atomic mass is 32.2. The highest BCUT2D eigenvalue weighted by molar-refractivity contribution is 7.89. The number of aromatic amines is 1. The molecule has 0 spiro atoms. The molecule has 1 aromatic heterocycles. The van der Waals surface area contributed by atoms with Crippen molar-refractivity contribution in [3.63, 3.8) is 0 Å². The van der Waals surface area contributed by atoms with Gasteiger partial charge in [-0.15, -0.1) is 0 Å². The van der Waals surface area contributed by atoms with Crippen LogP contribution in [0, 0.1) is 6.92 Å². The van der Waals surface area contributed by atoms with Crippen LogP contribution < -0.4 is 10.0 Å². The summed E-state index contributed by atoms with van der Waals surface area (Å²) in [6.45, 7) is 7.36. The number of nitrogens with zero attached hydrogens (tertiary/aromatic N) is 2. The van der Waals surface area contributed by atoms with Crippen LogP contribution in [0.2, 0.25) is 0 Å². The number of likely N-dealkylation sites (N-methyl/N-ethyl adjacent to an activating group) is 1. The maximum absolute atomic E-state index is 12.3. The van der Waals surface area contributed by atoms with Gasteiger partial charge in [0.2, 0.25) is 0 Å². The van der Waals surface area contributed by atoms with Crippen molar-refractivity contribution in [2.45, 2.75) is 38.4 Å². The number of nitrogens with one attached hydrogen (secondary N) is 3. The van der Waals surface area contributed by atoms with Crippen LogP contribution in [-0.4, -0.2) is 56.7 Å². The molecule has 0 fully saturated rings. The molecule has 8 heteroatoms. The van der Waals surface area contributed by atoms with Gasteiger partial charge in [0.05, 0.1) is 0 Å². The topological polar surface area (TPSA) is 90.1 Å². The number of aromatic nitrogens is 2. The molecule has 1 rings (SSSR count). The van der Waals surface area contributed by atoms with Gasteiger partial charge in [-0.25, -0.2) is 13.1 Å². The minimum Gasteiger partial charge on any atom is -0.313 e. The molecule has 0 radical (unpaired) electrons. The highest BCUT2D eigenvalue weighted by Crippen LogP contribution is 2.15. The first-order chi connectivity index (χ1) is 9.29. The summed E-state index contributed by atoms with van der Waals surface area (Å²) in [7, 11) is 0.234. The van der Waals surface area contributed by atoms with Gasteiger partial charge in [-0.1, -0.05) is 6.92 Å². The lowest BCUT2D eigenvalue weighted by atomic mass is 10.2. The molecule has 0 aromatic carbocycles. The second kappa shape index (κ2) is 7.16. The number of rotatable bonds is 8. The molecule has 0 amide bonds. The summed E-state index contributed by atoms with van der Waals surface area (Å²) in [4.78, 5) is 1.96. The second-order valence-electron chi connectivity index (χ2n) is 5.08. The summed E-state index contributed by atoms with van der Waals surface area (Å²) >= 11 is 0. The van der Waals surface area contributed by atoms with Crippen LogP contribution in [-0.2, 0) is 16.6 Å². The highest BCUT2D eigenvalue weighted by Gasteiger charge is 2.24. The quantitative estimate of drug-likeness (QED) is 0.632. The van der Waals surface area contributed by atoms with Gasteiger partial charge in [0, 0.05) is 30.4 Å². The molecular weight excluding hydrogens is 278 g/mol. The van der Waals surface area contributed by atoms with Crippen molar-refractivity contribution >= 4 is 10.0 Å². The Morgan fingerprint density at radius 2 is 2.05 bits per heavy atom. The molecule has 0 aliphatic heterocycles. The van der Waals surface area contributed by atoms with Crippen molar-refractivity contribution in [1.82, 2.24) is 25.1 Å². The Kier molecular flexibility index (Phi) is 6.12. The summed E-state index contributed by atoms with van der Waals surface area (Å²) in [5.41, 5.74) is 1.46. The van der Waals surface area contributed by atoms with Crippen LogP contribution >= 0.6 is 0 Å². The Hall–Kier alpha value is -0.960. The monoisotopic (exact) mass is 303 g/mol. The standard InChI is InChI=1S/C12H25N5O2S/c1-6-13-8-11-10(3)15-16-12(11)20(18,19)14-7-9(2)17(4)5/h9,13-14H,6-8H2,1-5H3,(H,15,16). The van der Waals surface area contributed by atoms with Crippen molar-refractivity contribution in [2.75, 3.05) is 27.2 Å². The third kappa shape index (κ3) is 4.27. The predicted molar refractivity (Wildman–Crippen MR) is 79.0 cm³/mol. The van der Waals surface area contributed by atoms with Crippen molar-refractivity contribution in [1.29, 1.82) is 0 Å². The summed E-state index contributed by atoms with van der Waals surface area (Å²) in [5, 5.41) is 9.89. The fraction of sp³-hybridized carbons (Fsp3) is 0.750. The van der Waals surface area contributed by atoms with Crippen molar-refractivity contribution in [3.8, 4) is 0 Å². The van der Waals surface area contributed by atoms with E-state index in [0.717, 1.165) is 12.2 Å². The van der Waals surface area contributed by atoms with E-state index in [1.807, 2.05) is 39.8 Å². The first-order valence-corrected chi connectivity index (χ1v) is 8.18. The largest absolute Gasteiger partial charge is 0.313 e. The Balaban J connectivity index is 2.87. The van der Waals surface area contributed by atoms with Crippen LogP contribution in [0.15, 0.2) is 5.03 Å². The summed E-state index contributed by atoms with van der Waals surface area (Å²) < 4.78 is 27.2. The molecule has 20 heavy (non-hydrogen) atoms. The normalized spacial score (nSPS) is 13.9. The predicted octanol–water partition coefficient (Wildman–Crippen LogP) is 0.0560. The molecule has 0 saturated heterocycles. The first kappa shape index (κ1) is 17.1. The lowest BCUT2D eigenvalue weighted by Gasteiger charge is -2.19. The number of H-pyrrole nitrogens is 1. The van der Waals surface area contributed by atoms with Crippen molar-refractivity contribution in [2.24, 2.45) is 0 Å². The number of aryl methyl sites for hydroxylation is 1. The minimum absolute atomic E-state index is 0.0851. The van der Waals surface area contributed by atoms with E-state index in [2.05, 4.69) is 20.2 Å². The fourth-order valence-corrected chi connectivity index (χ4v) is 2.90. The molecule has 1 aromatic rings. The SMILES string of the molecule is CCNCc1c(S(=O)(=O)NCC(C)N(C)C)n[nH]c1C. The molecule has 0 bridgehead atoms. The van der Waals surface area contributed by atoms with E-state index >= 15 is 0 Å². The Morgan fingerprint density at radius 1 is 1.40 bits per heavy atom. The molecule has 0 saturated carbocycles. The van der Waals surface area contributed by atoms with Crippen LogP contribution in [0.4, 0.5) is 0 Å². The lowest BCUT2D eigenvalue weighted by Crippen LogP contribution is -2.38. The van der Waals surface area contributed by atoms with E-state index in [4.69, 9.17) is 0 Å². The Labute approximate surface area is 121 Å². The van der Waals surface area contributed by atoms with Crippen molar-refractivity contribution < 1.29 is 8.42 Å². The summed E-state index contributed by atoms with van der Waals surface area (Å²) in [6, 6.07) is 0.113. The van der Waals surface area contributed by atoms with Gasteiger partial charge in [-0.2, -0.15) is 5.10 Å². The smallest absolute Gasteiger partial charge is 0.260 e. The van der Waals surface area contributed by atoms with Crippen LogP contribution in [0.3, 0.4) is 0 Å². The van der Waals surface area contributed by atoms with E-state index in [1.165, 1.54) is 0 Å².